The van der Waals surface area contributed by atoms with Gasteiger partial charge in [-0.05, 0) is 18.2 Å². The molecule has 18 heavy (non-hydrogen) atoms. The monoisotopic (exact) mass is 302 g/mol. The minimum atomic E-state index is -0.298. The second kappa shape index (κ2) is 6.58. The van der Waals surface area contributed by atoms with Crippen LogP contribution >= 0.6 is 15.9 Å². The summed E-state index contributed by atoms with van der Waals surface area (Å²) in [7, 11) is 0. The van der Waals surface area contributed by atoms with Gasteiger partial charge in [-0.15, -0.1) is 0 Å². The summed E-state index contributed by atoms with van der Waals surface area (Å²) in [6.07, 6.45) is 4.56. The Morgan fingerprint density at radius 2 is 2.22 bits per heavy atom. The number of halogens is 1. The molecule has 0 spiro atoms. The van der Waals surface area contributed by atoms with E-state index >= 15 is 0 Å². The standard InChI is InChI=1S/C14H11BrN2O/c1-2-3-7-12(13(17)9-16)14(18)10-5-4-6-11(15)8-10/h2-8H,1,17H2/b7-3-,13-12+. The van der Waals surface area contributed by atoms with Gasteiger partial charge in [0, 0.05) is 10.0 Å². The van der Waals surface area contributed by atoms with Crippen LogP contribution in [0.15, 0.2) is 64.8 Å². The molecule has 0 fully saturated rings. The Labute approximate surface area is 114 Å². The molecule has 4 heteroatoms. The third kappa shape index (κ3) is 3.44. The van der Waals surface area contributed by atoms with Crippen molar-refractivity contribution >= 4 is 21.7 Å². The van der Waals surface area contributed by atoms with Crippen molar-refractivity contribution in [1.29, 1.82) is 5.26 Å². The Morgan fingerprint density at radius 1 is 1.50 bits per heavy atom. The van der Waals surface area contributed by atoms with Gasteiger partial charge in [-0.25, -0.2) is 0 Å². The summed E-state index contributed by atoms with van der Waals surface area (Å²) in [4.78, 5) is 12.2. The normalized spacial score (nSPS) is 11.8. The molecule has 90 valence electrons. The van der Waals surface area contributed by atoms with Crippen molar-refractivity contribution in [3.63, 3.8) is 0 Å². The number of carbonyl (C=O) groups excluding carboxylic acids is 1. The first kappa shape index (κ1) is 13.9. The predicted octanol–water partition coefficient (Wildman–Crippen LogP) is 3.11. The molecule has 0 aliphatic heterocycles. The fraction of sp³-hybridized carbons (Fsp3) is 0. The SMILES string of the molecule is C=C/C=C\C(C(=O)c1cccc(Br)c1)=C(/N)C#N. The van der Waals surface area contributed by atoms with Crippen molar-refractivity contribution in [2.24, 2.45) is 5.73 Å². The Hall–Kier alpha value is -2.12. The number of benzene rings is 1. The Bertz CT molecular complexity index is 580. The maximum absolute atomic E-state index is 12.2. The maximum Gasteiger partial charge on any atom is 0.195 e. The molecular weight excluding hydrogens is 292 g/mol. The van der Waals surface area contributed by atoms with E-state index in [0.29, 0.717) is 5.56 Å². The van der Waals surface area contributed by atoms with Crippen LogP contribution in [-0.2, 0) is 0 Å². The van der Waals surface area contributed by atoms with Gasteiger partial charge in [0.2, 0.25) is 0 Å². The molecule has 1 aromatic rings. The molecule has 1 aromatic carbocycles. The summed E-state index contributed by atoms with van der Waals surface area (Å²) in [6.45, 7) is 3.51. The Kier molecular flexibility index (Phi) is 5.09. The van der Waals surface area contributed by atoms with Crippen molar-refractivity contribution < 1.29 is 4.79 Å². The number of Topliss-reactive ketones (excluding diaryl/α,β-unsaturated/α-hetero) is 1. The van der Waals surface area contributed by atoms with Crippen LogP contribution in [0.4, 0.5) is 0 Å². The molecule has 0 aliphatic rings. The number of nitrogens with zero attached hydrogens (tertiary/aromatic N) is 1. The average Bonchev–Trinajstić information content (AvgIpc) is 2.38. The van der Waals surface area contributed by atoms with E-state index < -0.39 is 0 Å². The first-order chi connectivity index (χ1) is 8.60. The highest BCUT2D eigenvalue weighted by Crippen LogP contribution is 2.16. The van der Waals surface area contributed by atoms with Gasteiger partial charge in [-0.3, -0.25) is 4.79 Å². The highest BCUT2D eigenvalue weighted by molar-refractivity contribution is 9.10. The van der Waals surface area contributed by atoms with E-state index in [9.17, 15) is 4.79 Å². The molecule has 2 N–H and O–H groups in total. The molecule has 0 saturated heterocycles. The fourth-order valence-electron chi connectivity index (χ4n) is 1.30. The molecule has 0 aliphatic carbocycles. The van der Waals surface area contributed by atoms with Crippen molar-refractivity contribution in [3.05, 3.63) is 70.4 Å². The summed E-state index contributed by atoms with van der Waals surface area (Å²) >= 11 is 3.29. The molecule has 0 radical (unpaired) electrons. The highest BCUT2D eigenvalue weighted by atomic mass is 79.9. The van der Waals surface area contributed by atoms with Crippen LogP contribution in [0.2, 0.25) is 0 Å². The fourth-order valence-corrected chi connectivity index (χ4v) is 1.70. The van der Waals surface area contributed by atoms with Crippen LogP contribution in [0.5, 0.6) is 0 Å². The molecule has 0 heterocycles. The number of carbonyl (C=O) groups is 1. The quantitative estimate of drug-likeness (QED) is 0.402. The van der Waals surface area contributed by atoms with Crippen molar-refractivity contribution in [2.45, 2.75) is 0 Å². The summed E-state index contributed by atoms with van der Waals surface area (Å²) in [5.74, 6) is -0.298. The second-order valence-electron chi connectivity index (χ2n) is 3.37. The van der Waals surface area contributed by atoms with Crippen LogP contribution in [-0.4, -0.2) is 5.78 Å². The molecule has 0 saturated carbocycles. The molecule has 1 rings (SSSR count). The van der Waals surface area contributed by atoms with Gasteiger partial charge in [0.1, 0.15) is 11.8 Å². The smallest absolute Gasteiger partial charge is 0.195 e. The maximum atomic E-state index is 12.2. The van der Waals surface area contributed by atoms with E-state index in [1.165, 1.54) is 12.2 Å². The summed E-state index contributed by atoms with van der Waals surface area (Å²) in [5.41, 5.74) is 6.05. The lowest BCUT2D eigenvalue weighted by atomic mass is 10.0. The zero-order chi connectivity index (χ0) is 13.5. The predicted molar refractivity (Wildman–Crippen MR) is 74.6 cm³/mol. The van der Waals surface area contributed by atoms with Crippen LogP contribution < -0.4 is 5.73 Å². The summed E-state index contributed by atoms with van der Waals surface area (Å²) in [5, 5.41) is 8.80. The van der Waals surface area contributed by atoms with E-state index in [1.807, 2.05) is 6.07 Å². The van der Waals surface area contributed by atoms with E-state index in [4.69, 9.17) is 11.0 Å². The molecule has 0 unspecified atom stereocenters. The highest BCUT2D eigenvalue weighted by Gasteiger charge is 2.13. The Balaban J connectivity index is 3.24. The van der Waals surface area contributed by atoms with Gasteiger partial charge in [0.15, 0.2) is 5.78 Å². The minimum absolute atomic E-state index is 0.113. The molecular formula is C14H11BrN2O. The first-order valence-corrected chi connectivity index (χ1v) is 5.88. The van der Waals surface area contributed by atoms with Crippen molar-refractivity contribution in [3.8, 4) is 6.07 Å². The third-order valence-corrected chi connectivity index (χ3v) is 2.63. The number of nitrogens with two attached hydrogens (primary N) is 1. The van der Waals surface area contributed by atoms with Gasteiger partial charge in [0.25, 0.3) is 0 Å². The van der Waals surface area contributed by atoms with Crippen molar-refractivity contribution in [1.82, 2.24) is 0 Å². The topological polar surface area (TPSA) is 66.9 Å². The lowest BCUT2D eigenvalue weighted by Crippen LogP contribution is -2.09. The van der Waals surface area contributed by atoms with E-state index in [1.54, 1.807) is 30.3 Å². The zero-order valence-electron chi connectivity index (χ0n) is 9.56. The molecule has 0 bridgehead atoms. The molecule has 0 amide bonds. The number of allylic oxidation sites excluding steroid dienone is 5. The number of hydrogen-bond acceptors (Lipinski definition) is 3. The van der Waals surface area contributed by atoms with Crippen LogP contribution in [0.1, 0.15) is 10.4 Å². The minimum Gasteiger partial charge on any atom is -0.390 e. The number of ketones is 1. The van der Waals surface area contributed by atoms with Gasteiger partial charge in [-0.1, -0.05) is 46.8 Å². The molecule has 3 nitrogen and oxygen atoms in total. The van der Waals surface area contributed by atoms with Crippen LogP contribution in [0.3, 0.4) is 0 Å². The van der Waals surface area contributed by atoms with Gasteiger partial charge in [-0.2, -0.15) is 5.26 Å². The Morgan fingerprint density at radius 3 is 2.78 bits per heavy atom. The van der Waals surface area contributed by atoms with E-state index in [-0.39, 0.29) is 17.1 Å². The third-order valence-electron chi connectivity index (χ3n) is 2.14. The zero-order valence-corrected chi connectivity index (χ0v) is 11.1. The lowest BCUT2D eigenvalue weighted by Gasteiger charge is -2.03. The van der Waals surface area contributed by atoms with E-state index in [0.717, 1.165) is 4.47 Å². The first-order valence-electron chi connectivity index (χ1n) is 5.09. The number of nitriles is 1. The average molecular weight is 303 g/mol. The summed E-state index contributed by atoms with van der Waals surface area (Å²) < 4.78 is 0.788. The molecule has 0 aromatic heterocycles. The van der Waals surface area contributed by atoms with Crippen LogP contribution in [0.25, 0.3) is 0 Å². The number of rotatable bonds is 4. The van der Waals surface area contributed by atoms with E-state index in [2.05, 4.69) is 22.5 Å². The van der Waals surface area contributed by atoms with Crippen LogP contribution in [0, 0.1) is 11.3 Å². The largest absolute Gasteiger partial charge is 0.390 e. The lowest BCUT2D eigenvalue weighted by molar-refractivity contribution is 0.103. The molecule has 0 atom stereocenters. The van der Waals surface area contributed by atoms with Gasteiger partial charge < -0.3 is 5.73 Å². The number of hydrogen-bond donors (Lipinski definition) is 1. The van der Waals surface area contributed by atoms with Gasteiger partial charge >= 0.3 is 0 Å². The van der Waals surface area contributed by atoms with Gasteiger partial charge in [0.05, 0.1) is 5.57 Å². The van der Waals surface area contributed by atoms with Crippen molar-refractivity contribution in [2.75, 3.05) is 0 Å². The summed E-state index contributed by atoms with van der Waals surface area (Å²) in [6, 6.07) is 8.68. The second-order valence-corrected chi connectivity index (χ2v) is 4.29.